The summed E-state index contributed by atoms with van der Waals surface area (Å²) in [5.74, 6) is -0.0330. The number of nitrogens with zero attached hydrogens (tertiary/aromatic N) is 4. The highest BCUT2D eigenvalue weighted by Gasteiger charge is 2.43. The molecule has 3 aliphatic rings. The quantitative estimate of drug-likeness (QED) is 0.751. The van der Waals surface area contributed by atoms with Crippen LogP contribution < -0.4 is 15.0 Å². The molecule has 2 unspecified atom stereocenters. The number of aliphatic hydroxyl groups is 1. The summed E-state index contributed by atoms with van der Waals surface area (Å²) in [6.07, 6.45) is 5.61. The van der Waals surface area contributed by atoms with E-state index in [0.717, 1.165) is 38.8 Å². The van der Waals surface area contributed by atoms with Crippen molar-refractivity contribution in [3.8, 4) is 6.01 Å². The molecule has 0 spiro atoms. The van der Waals surface area contributed by atoms with Gasteiger partial charge in [-0.25, -0.2) is 9.37 Å². The molecule has 1 aliphatic carbocycles. The Kier molecular flexibility index (Phi) is 4.10. The van der Waals surface area contributed by atoms with Gasteiger partial charge in [-0.05, 0) is 25.7 Å². The van der Waals surface area contributed by atoms with Gasteiger partial charge in [-0.1, -0.05) is 11.6 Å². The van der Waals surface area contributed by atoms with Gasteiger partial charge in [-0.3, -0.25) is 0 Å². The van der Waals surface area contributed by atoms with Crippen LogP contribution in [-0.2, 0) is 0 Å². The molecule has 2 aliphatic heterocycles. The molecule has 0 radical (unpaired) electrons. The number of anilines is 1. The molecule has 0 aromatic carbocycles. The van der Waals surface area contributed by atoms with Crippen molar-refractivity contribution < 1.29 is 14.2 Å². The molecule has 2 N–H and O–H groups in total. The Labute approximate surface area is 160 Å². The Hall–Kier alpha value is -1.77. The molecule has 3 fully saturated rings. The molecule has 2 saturated heterocycles. The van der Waals surface area contributed by atoms with Crippen LogP contribution in [0.1, 0.15) is 25.7 Å². The molecular weight excluding hydrogens is 373 g/mol. The van der Waals surface area contributed by atoms with Gasteiger partial charge >= 0.3 is 6.01 Å². The predicted octanol–water partition coefficient (Wildman–Crippen LogP) is 1.91. The van der Waals surface area contributed by atoms with Gasteiger partial charge in [0, 0.05) is 36.8 Å². The van der Waals surface area contributed by atoms with E-state index in [2.05, 4.69) is 25.2 Å². The molecule has 7 nitrogen and oxygen atoms in total. The third-order valence-corrected chi connectivity index (χ3v) is 6.18. The average molecular weight is 394 g/mol. The van der Waals surface area contributed by atoms with Gasteiger partial charge in [-0.2, -0.15) is 9.97 Å². The molecular formula is C18H21ClFN5O2. The summed E-state index contributed by atoms with van der Waals surface area (Å²) in [6.45, 7) is 1.99. The Morgan fingerprint density at radius 2 is 2.04 bits per heavy atom. The normalized spacial score (nSPS) is 25.8. The Morgan fingerprint density at radius 3 is 2.70 bits per heavy atom. The second-order valence-corrected chi connectivity index (χ2v) is 8.30. The molecule has 2 bridgehead atoms. The number of halogens is 2. The number of hydrogen-bond acceptors (Lipinski definition) is 7. The van der Waals surface area contributed by atoms with Crippen molar-refractivity contribution in [1.29, 1.82) is 0 Å². The minimum absolute atomic E-state index is 0.0682. The minimum atomic E-state index is -0.663. The molecule has 144 valence electrons. The summed E-state index contributed by atoms with van der Waals surface area (Å²) in [4.78, 5) is 14.9. The third kappa shape index (κ3) is 3.09. The number of pyridine rings is 1. The monoisotopic (exact) mass is 393 g/mol. The first-order chi connectivity index (χ1) is 13.1. The lowest BCUT2D eigenvalue weighted by molar-refractivity contribution is 0.140. The zero-order chi connectivity index (χ0) is 18.6. The Balaban J connectivity index is 1.54. The van der Waals surface area contributed by atoms with Crippen LogP contribution in [0, 0.1) is 11.2 Å². The van der Waals surface area contributed by atoms with Crippen LogP contribution in [0.3, 0.4) is 0 Å². The van der Waals surface area contributed by atoms with E-state index in [9.17, 15) is 9.50 Å². The molecule has 2 aromatic rings. The second kappa shape index (κ2) is 6.39. The van der Waals surface area contributed by atoms with Crippen molar-refractivity contribution in [2.75, 3.05) is 31.2 Å². The lowest BCUT2D eigenvalue weighted by atomic mass is 10.1. The van der Waals surface area contributed by atoms with Gasteiger partial charge < -0.3 is 20.1 Å². The topological polar surface area (TPSA) is 83.4 Å². The first-order valence-electron chi connectivity index (χ1n) is 9.33. The van der Waals surface area contributed by atoms with Crippen molar-refractivity contribution in [1.82, 2.24) is 20.3 Å². The first-order valence-corrected chi connectivity index (χ1v) is 9.71. The number of ether oxygens (including phenoxy) is 1. The molecule has 2 aromatic heterocycles. The van der Waals surface area contributed by atoms with Crippen LogP contribution in [0.25, 0.3) is 10.9 Å². The van der Waals surface area contributed by atoms with Gasteiger partial charge in [-0.15, -0.1) is 0 Å². The molecule has 9 heteroatoms. The largest absolute Gasteiger partial charge is 0.463 e. The maximum Gasteiger partial charge on any atom is 0.319 e. The van der Waals surface area contributed by atoms with Crippen molar-refractivity contribution in [3.05, 3.63) is 17.2 Å². The van der Waals surface area contributed by atoms with Crippen LogP contribution in [0.15, 0.2) is 6.20 Å². The number of fused-ring (bicyclic) bond motifs is 3. The van der Waals surface area contributed by atoms with Crippen LogP contribution in [0.4, 0.5) is 10.2 Å². The number of hydrogen-bond donors (Lipinski definition) is 2. The number of piperazine rings is 1. The van der Waals surface area contributed by atoms with Crippen molar-refractivity contribution in [3.63, 3.8) is 0 Å². The van der Waals surface area contributed by atoms with Crippen molar-refractivity contribution >= 4 is 28.3 Å². The number of aliphatic hydroxyl groups excluding tert-OH is 1. The van der Waals surface area contributed by atoms with Crippen LogP contribution in [0.2, 0.25) is 5.15 Å². The van der Waals surface area contributed by atoms with E-state index in [1.165, 1.54) is 6.20 Å². The van der Waals surface area contributed by atoms with E-state index in [1.54, 1.807) is 0 Å². The summed E-state index contributed by atoms with van der Waals surface area (Å²) in [5, 5.41) is 13.4. The smallest absolute Gasteiger partial charge is 0.319 e. The van der Waals surface area contributed by atoms with E-state index in [0.29, 0.717) is 29.9 Å². The van der Waals surface area contributed by atoms with Gasteiger partial charge in [0.05, 0.1) is 18.6 Å². The zero-order valence-corrected chi connectivity index (χ0v) is 15.5. The fourth-order valence-electron chi connectivity index (χ4n) is 4.02. The number of nitrogens with one attached hydrogen (secondary N) is 1. The lowest BCUT2D eigenvalue weighted by Gasteiger charge is -2.34. The highest BCUT2D eigenvalue weighted by molar-refractivity contribution is 6.30. The Bertz CT molecular complexity index is 882. The number of aromatic nitrogens is 3. The summed E-state index contributed by atoms with van der Waals surface area (Å²) in [6, 6.07) is 0.934. The lowest BCUT2D eigenvalue weighted by Crippen LogP contribution is -2.51. The zero-order valence-electron chi connectivity index (χ0n) is 14.8. The van der Waals surface area contributed by atoms with Crippen LogP contribution in [-0.4, -0.2) is 58.4 Å². The molecule has 4 heterocycles. The summed E-state index contributed by atoms with van der Waals surface area (Å²) in [5.41, 5.74) is -0.0872. The highest BCUT2D eigenvalue weighted by Crippen LogP contribution is 2.45. The van der Waals surface area contributed by atoms with E-state index in [1.807, 2.05) is 0 Å². The standard InChI is InChI=1S/C18H21ClFN5O2/c19-15-13(20)14-12(5-21-15)16(25-6-10-1-2-11(7-25)22-10)24-17(23-14)27-9-18(8-26)3-4-18/h5,10-11,22,26H,1-4,6-9H2. The summed E-state index contributed by atoms with van der Waals surface area (Å²) in [7, 11) is 0. The fourth-order valence-corrected chi connectivity index (χ4v) is 4.16. The van der Waals surface area contributed by atoms with Crippen molar-refractivity contribution in [2.24, 2.45) is 5.41 Å². The van der Waals surface area contributed by atoms with Gasteiger partial charge in [0.25, 0.3) is 0 Å². The van der Waals surface area contributed by atoms with E-state index in [-0.39, 0.29) is 28.7 Å². The van der Waals surface area contributed by atoms with E-state index >= 15 is 0 Å². The first kappa shape index (κ1) is 17.3. The Morgan fingerprint density at radius 1 is 1.30 bits per heavy atom. The number of rotatable bonds is 5. The van der Waals surface area contributed by atoms with Crippen LogP contribution in [0.5, 0.6) is 6.01 Å². The van der Waals surface area contributed by atoms with Gasteiger partial charge in [0.1, 0.15) is 11.3 Å². The van der Waals surface area contributed by atoms with Crippen molar-refractivity contribution in [2.45, 2.75) is 37.8 Å². The highest BCUT2D eigenvalue weighted by atomic mass is 35.5. The maximum atomic E-state index is 14.6. The fraction of sp³-hybridized carbons (Fsp3) is 0.611. The summed E-state index contributed by atoms with van der Waals surface area (Å²) < 4.78 is 20.4. The van der Waals surface area contributed by atoms with E-state index in [4.69, 9.17) is 16.3 Å². The van der Waals surface area contributed by atoms with Gasteiger partial charge in [0.15, 0.2) is 11.0 Å². The predicted molar refractivity (Wildman–Crippen MR) is 98.7 cm³/mol. The second-order valence-electron chi connectivity index (χ2n) is 7.94. The SMILES string of the molecule is OCC1(COc2nc(N3CC4CCC(C3)N4)c3cnc(Cl)c(F)c3n2)CC1. The maximum absolute atomic E-state index is 14.6. The van der Waals surface area contributed by atoms with Crippen LogP contribution >= 0.6 is 11.6 Å². The molecule has 5 rings (SSSR count). The third-order valence-electron chi connectivity index (χ3n) is 5.92. The molecule has 1 saturated carbocycles. The molecule has 27 heavy (non-hydrogen) atoms. The van der Waals surface area contributed by atoms with E-state index < -0.39 is 5.82 Å². The molecule has 0 amide bonds. The molecule has 2 atom stereocenters. The average Bonchev–Trinajstić information content (AvgIpc) is 3.40. The minimum Gasteiger partial charge on any atom is -0.463 e. The van der Waals surface area contributed by atoms with Gasteiger partial charge in [0.2, 0.25) is 0 Å². The summed E-state index contributed by atoms with van der Waals surface area (Å²) >= 11 is 5.87.